The van der Waals surface area contributed by atoms with E-state index in [1.54, 1.807) is 18.2 Å². The van der Waals surface area contributed by atoms with Gasteiger partial charge in [-0.3, -0.25) is 4.72 Å². The van der Waals surface area contributed by atoms with Crippen LogP contribution in [0.1, 0.15) is 5.56 Å². The van der Waals surface area contributed by atoms with Gasteiger partial charge in [0.1, 0.15) is 0 Å². The first-order valence-electron chi connectivity index (χ1n) is 5.36. The summed E-state index contributed by atoms with van der Waals surface area (Å²) in [7, 11) is -3.36. The molecule has 3 nitrogen and oxygen atoms in total. The molecule has 0 heterocycles. The molecule has 0 radical (unpaired) electrons. The van der Waals surface area contributed by atoms with Crippen LogP contribution in [0.3, 0.4) is 0 Å². The van der Waals surface area contributed by atoms with Crippen LogP contribution in [0.15, 0.2) is 54.6 Å². The Kier molecular flexibility index (Phi) is 4.23. The fourth-order valence-corrected chi connectivity index (χ4v) is 3.46. The number of anilines is 1. The van der Waals surface area contributed by atoms with Crippen molar-refractivity contribution in [2.75, 3.05) is 4.72 Å². The molecule has 0 atom stereocenters. The molecular weight excluding hydrogens is 361 g/mol. The molecule has 94 valence electrons. The van der Waals surface area contributed by atoms with E-state index in [4.69, 9.17) is 0 Å². The molecule has 0 aliphatic carbocycles. The van der Waals surface area contributed by atoms with Crippen molar-refractivity contribution < 1.29 is 8.42 Å². The number of halogens is 1. The van der Waals surface area contributed by atoms with Gasteiger partial charge < -0.3 is 0 Å². The fraction of sp³-hybridized carbons (Fsp3) is 0.0769. The molecule has 0 amide bonds. The molecule has 0 spiro atoms. The van der Waals surface area contributed by atoms with Crippen molar-refractivity contribution >= 4 is 38.3 Å². The van der Waals surface area contributed by atoms with Crippen molar-refractivity contribution in [3.63, 3.8) is 0 Å². The highest BCUT2D eigenvalue weighted by atomic mass is 127. The van der Waals surface area contributed by atoms with Crippen LogP contribution in [-0.2, 0) is 15.8 Å². The Morgan fingerprint density at radius 2 is 1.56 bits per heavy atom. The first kappa shape index (κ1) is 13.4. The Bertz CT molecular complexity index is 626. The normalized spacial score (nSPS) is 11.2. The van der Waals surface area contributed by atoms with Crippen LogP contribution in [0.5, 0.6) is 0 Å². The number of hydrogen-bond donors (Lipinski definition) is 1. The average Bonchev–Trinajstić information content (AvgIpc) is 2.32. The zero-order valence-corrected chi connectivity index (χ0v) is 12.5. The predicted octanol–water partition coefficient (Wildman–Crippen LogP) is 3.23. The summed E-state index contributed by atoms with van der Waals surface area (Å²) in [6, 6.07) is 16.4. The zero-order chi connectivity index (χ0) is 13.0. The highest BCUT2D eigenvalue weighted by Crippen LogP contribution is 2.19. The SMILES string of the molecule is O=S(=O)(Cc1ccccc1)Nc1ccccc1I. The maximum Gasteiger partial charge on any atom is 0.236 e. The Morgan fingerprint density at radius 1 is 0.944 bits per heavy atom. The van der Waals surface area contributed by atoms with Gasteiger partial charge in [-0.1, -0.05) is 42.5 Å². The first-order chi connectivity index (χ1) is 8.57. The van der Waals surface area contributed by atoms with E-state index >= 15 is 0 Å². The minimum absolute atomic E-state index is 0.0151. The molecule has 0 aliphatic heterocycles. The topological polar surface area (TPSA) is 46.2 Å². The third-order valence-corrected chi connectivity index (χ3v) is 4.52. The lowest BCUT2D eigenvalue weighted by Gasteiger charge is -2.09. The summed E-state index contributed by atoms with van der Waals surface area (Å²) in [5, 5.41) is 0. The molecule has 0 fully saturated rings. The van der Waals surface area contributed by atoms with Crippen molar-refractivity contribution in [1.29, 1.82) is 0 Å². The minimum Gasteiger partial charge on any atom is -0.282 e. The van der Waals surface area contributed by atoms with E-state index in [1.807, 2.05) is 36.4 Å². The van der Waals surface area contributed by atoms with Gasteiger partial charge in [0, 0.05) is 3.57 Å². The van der Waals surface area contributed by atoms with Crippen molar-refractivity contribution in [3.05, 3.63) is 63.7 Å². The summed E-state index contributed by atoms with van der Waals surface area (Å²) in [5.74, 6) is -0.0151. The Morgan fingerprint density at radius 3 is 2.22 bits per heavy atom. The van der Waals surface area contributed by atoms with Gasteiger partial charge in [0.05, 0.1) is 11.4 Å². The van der Waals surface area contributed by atoms with Gasteiger partial charge in [-0.25, -0.2) is 8.42 Å². The molecule has 2 aromatic carbocycles. The van der Waals surface area contributed by atoms with Gasteiger partial charge in [-0.15, -0.1) is 0 Å². The van der Waals surface area contributed by atoms with Crippen LogP contribution in [0.4, 0.5) is 5.69 Å². The number of sulfonamides is 1. The van der Waals surface area contributed by atoms with E-state index in [-0.39, 0.29) is 5.75 Å². The maximum absolute atomic E-state index is 12.0. The molecule has 2 aromatic rings. The smallest absolute Gasteiger partial charge is 0.236 e. The van der Waals surface area contributed by atoms with E-state index in [1.165, 1.54) is 0 Å². The highest BCUT2D eigenvalue weighted by Gasteiger charge is 2.12. The average molecular weight is 373 g/mol. The molecule has 18 heavy (non-hydrogen) atoms. The van der Waals surface area contributed by atoms with Crippen LogP contribution in [0.2, 0.25) is 0 Å². The molecule has 0 saturated carbocycles. The Balaban J connectivity index is 2.16. The second kappa shape index (κ2) is 5.71. The first-order valence-corrected chi connectivity index (χ1v) is 8.09. The largest absolute Gasteiger partial charge is 0.282 e. The maximum atomic E-state index is 12.0. The summed E-state index contributed by atoms with van der Waals surface area (Å²) < 4.78 is 27.5. The van der Waals surface area contributed by atoms with E-state index in [0.717, 1.165) is 9.13 Å². The summed E-state index contributed by atoms with van der Waals surface area (Å²) in [5.41, 5.74) is 1.39. The van der Waals surface area contributed by atoms with E-state index in [9.17, 15) is 8.42 Å². The molecule has 2 rings (SSSR count). The third kappa shape index (κ3) is 3.71. The number of benzene rings is 2. The van der Waals surface area contributed by atoms with Crippen LogP contribution >= 0.6 is 22.6 Å². The second-order valence-electron chi connectivity index (χ2n) is 3.83. The van der Waals surface area contributed by atoms with Crippen molar-refractivity contribution in [1.82, 2.24) is 0 Å². The molecule has 0 saturated heterocycles. The lowest BCUT2D eigenvalue weighted by molar-refractivity contribution is 0.600. The monoisotopic (exact) mass is 373 g/mol. The molecule has 0 aromatic heterocycles. The van der Waals surface area contributed by atoms with E-state index < -0.39 is 10.0 Å². The van der Waals surface area contributed by atoms with Gasteiger partial charge in [0.25, 0.3) is 0 Å². The van der Waals surface area contributed by atoms with Crippen molar-refractivity contribution in [3.8, 4) is 0 Å². The predicted molar refractivity (Wildman–Crippen MR) is 81.8 cm³/mol. The summed E-state index contributed by atoms with van der Waals surface area (Å²) >= 11 is 2.10. The minimum atomic E-state index is -3.36. The molecule has 1 N–H and O–H groups in total. The molecule has 0 aliphatic rings. The third-order valence-electron chi connectivity index (χ3n) is 2.34. The second-order valence-corrected chi connectivity index (χ2v) is 6.71. The molecular formula is C13H12INO2S. The number of nitrogens with one attached hydrogen (secondary N) is 1. The van der Waals surface area contributed by atoms with Gasteiger partial charge in [-0.2, -0.15) is 0 Å². The van der Waals surface area contributed by atoms with E-state index in [2.05, 4.69) is 27.3 Å². The summed E-state index contributed by atoms with van der Waals surface area (Å²) in [4.78, 5) is 0. The van der Waals surface area contributed by atoms with Crippen molar-refractivity contribution in [2.24, 2.45) is 0 Å². The number of hydrogen-bond acceptors (Lipinski definition) is 2. The molecule has 0 bridgehead atoms. The van der Waals surface area contributed by atoms with Crippen LogP contribution < -0.4 is 4.72 Å². The zero-order valence-electron chi connectivity index (χ0n) is 9.51. The summed E-state index contributed by atoms with van der Waals surface area (Å²) in [6.07, 6.45) is 0. The quantitative estimate of drug-likeness (QED) is 0.837. The Labute approximate surface area is 120 Å². The van der Waals surface area contributed by atoms with Gasteiger partial charge >= 0.3 is 0 Å². The van der Waals surface area contributed by atoms with Crippen LogP contribution in [0, 0.1) is 3.57 Å². The Hall–Kier alpha value is -1.08. The van der Waals surface area contributed by atoms with Gasteiger partial charge in [0.15, 0.2) is 0 Å². The van der Waals surface area contributed by atoms with Crippen LogP contribution in [-0.4, -0.2) is 8.42 Å². The lowest BCUT2D eigenvalue weighted by Crippen LogP contribution is -2.15. The molecule has 5 heteroatoms. The van der Waals surface area contributed by atoms with Crippen LogP contribution in [0.25, 0.3) is 0 Å². The van der Waals surface area contributed by atoms with Gasteiger partial charge in [0.2, 0.25) is 10.0 Å². The van der Waals surface area contributed by atoms with Crippen molar-refractivity contribution in [2.45, 2.75) is 5.75 Å². The summed E-state index contributed by atoms with van der Waals surface area (Å²) in [6.45, 7) is 0. The number of rotatable bonds is 4. The highest BCUT2D eigenvalue weighted by molar-refractivity contribution is 14.1. The molecule has 0 unspecified atom stereocenters. The number of para-hydroxylation sites is 1. The standard InChI is InChI=1S/C13H12INO2S/c14-12-8-4-5-9-13(12)15-18(16,17)10-11-6-2-1-3-7-11/h1-9,15H,10H2. The van der Waals surface area contributed by atoms with Gasteiger partial charge in [-0.05, 0) is 40.3 Å². The lowest BCUT2D eigenvalue weighted by atomic mass is 10.2. The fourth-order valence-electron chi connectivity index (χ4n) is 1.54. The van der Waals surface area contributed by atoms with E-state index in [0.29, 0.717) is 5.69 Å².